The second-order valence-corrected chi connectivity index (χ2v) is 16.6. The Balaban J connectivity index is 6.33. The molecule has 0 saturated heterocycles. The minimum Gasteiger partial charge on any atom is -0.481 e. The number of amides is 7. The number of carbonyl (C=O) groups excluding carboxylic acids is 7. The number of nitrogens with two attached hydrogens (primary N) is 2. The first kappa shape index (κ1) is 52.2. The zero-order valence-electron chi connectivity index (χ0n) is 35.1. The van der Waals surface area contributed by atoms with E-state index in [1.54, 1.807) is 55.4 Å². The van der Waals surface area contributed by atoms with Gasteiger partial charge in [0.15, 0.2) is 0 Å². The van der Waals surface area contributed by atoms with E-state index in [0.717, 1.165) is 0 Å². The number of hydrogen-bond acceptors (Lipinski definition) is 10. The molecule has 0 aliphatic rings. The molecule has 326 valence electrons. The van der Waals surface area contributed by atoms with E-state index in [-0.39, 0.29) is 42.9 Å². The monoisotopic (exact) mass is 813 g/mol. The molecule has 0 heterocycles. The van der Waals surface area contributed by atoms with Crippen LogP contribution in [0, 0.1) is 29.6 Å². The van der Waals surface area contributed by atoms with Crippen LogP contribution < -0.4 is 43.4 Å². The second kappa shape index (κ2) is 25.4. The summed E-state index contributed by atoms with van der Waals surface area (Å²) in [5.41, 5.74) is 11.5. The third-order valence-corrected chi connectivity index (χ3v) is 8.63. The zero-order chi connectivity index (χ0) is 44.3. The fourth-order valence-electron chi connectivity index (χ4n) is 5.81. The molecular weight excluding hydrogens is 744 g/mol. The van der Waals surface area contributed by atoms with Crippen molar-refractivity contribution in [2.45, 2.75) is 156 Å². The van der Waals surface area contributed by atoms with Crippen LogP contribution in [-0.4, -0.2) is 106 Å². The first-order valence-corrected chi connectivity index (χ1v) is 19.6. The van der Waals surface area contributed by atoms with Crippen molar-refractivity contribution in [3.63, 3.8) is 0 Å². The molecule has 0 fully saturated rings. The van der Waals surface area contributed by atoms with Gasteiger partial charge in [-0.05, 0) is 61.7 Å². The predicted molar refractivity (Wildman–Crippen MR) is 211 cm³/mol. The van der Waals surface area contributed by atoms with Crippen molar-refractivity contribution < 1.29 is 53.4 Å². The molecule has 0 aromatic carbocycles. The van der Waals surface area contributed by atoms with Gasteiger partial charge in [-0.1, -0.05) is 69.2 Å². The maximum absolute atomic E-state index is 13.7. The van der Waals surface area contributed by atoms with E-state index in [1.165, 1.54) is 0 Å². The molecule has 0 rings (SSSR count). The van der Waals surface area contributed by atoms with E-state index < -0.39 is 121 Å². The van der Waals surface area contributed by atoms with Gasteiger partial charge < -0.3 is 53.6 Å². The minimum absolute atomic E-state index is 0.0381. The van der Waals surface area contributed by atoms with Crippen LogP contribution in [0.4, 0.5) is 0 Å². The van der Waals surface area contributed by atoms with E-state index >= 15 is 0 Å². The normalized spacial score (nSPS) is 15.2. The molecule has 0 bridgehead atoms. The van der Waals surface area contributed by atoms with Crippen LogP contribution >= 0.6 is 0 Å². The Bertz CT molecular complexity index is 1400. The first-order chi connectivity index (χ1) is 26.2. The average Bonchev–Trinajstić information content (AvgIpc) is 3.05. The van der Waals surface area contributed by atoms with Crippen LogP contribution in [0.5, 0.6) is 0 Å². The van der Waals surface area contributed by atoms with Crippen molar-refractivity contribution in [3.05, 3.63) is 0 Å². The largest absolute Gasteiger partial charge is 0.481 e. The highest BCUT2D eigenvalue weighted by atomic mass is 16.4. The standard InChI is InChI=1S/C38H68N8O11/c1-18(2)13-23(39)32(50)46-31(22(9)10)37(55)45-27(16-21(7)8)35(53)44-28(17-29(40)47)36(54)43-26(15-20(5)6)34(52)42-25(14-19(3)4)33(51)41-24(38(56)57)11-12-30(48)49/h18-28,31H,11-17,39H2,1-10H3,(H2,40,47)(H,41,51)(H,42,52)(H,43,54)(H,44,53)(H,45,55)(H,46,50)(H,48,49)(H,56,57)/t23-,24-,25-,26-,27-,28-,31-/m0/s1. The highest BCUT2D eigenvalue weighted by Gasteiger charge is 2.35. The summed E-state index contributed by atoms with van der Waals surface area (Å²) in [6, 6.07) is -8.86. The van der Waals surface area contributed by atoms with Gasteiger partial charge in [-0.25, -0.2) is 4.79 Å². The number of hydrogen-bond donors (Lipinski definition) is 10. The summed E-state index contributed by atoms with van der Waals surface area (Å²) >= 11 is 0. The quantitative estimate of drug-likeness (QED) is 0.0520. The Hall–Kier alpha value is -4.81. The number of rotatable bonds is 27. The SMILES string of the molecule is CC(C)C[C@H](NC(=O)[C@H](CC(C)C)NC(=O)[C@H](CC(N)=O)NC(=O)[C@H](CC(C)C)NC(=O)[C@@H](NC(=O)[C@@H](N)CC(C)C)C(C)C)C(=O)N[C@@H](CCC(=O)O)C(=O)O. The molecule has 0 aromatic heterocycles. The van der Waals surface area contributed by atoms with Gasteiger partial charge in [0, 0.05) is 6.42 Å². The molecule has 0 unspecified atom stereocenters. The predicted octanol–water partition coefficient (Wildman–Crippen LogP) is -0.112. The van der Waals surface area contributed by atoms with Gasteiger partial charge in [-0.2, -0.15) is 0 Å². The Morgan fingerprint density at radius 1 is 0.474 bits per heavy atom. The molecule has 0 radical (unpaired) electrons. The molecule has 0 saturated carbocycles. The molecule has 57 heavy (non-hydrogen) atoms. The fraction of sp³-hybridized carbons (Fsp3) is 0.763. The van der Waals surface area contributed by atoms with Crippen molar-refractivity contribution in [1.29, 1.82) is 0 Å². The van der Waals surface area contributed by atoms with Crippen LogP contribution in [0.25, 0.3) is 0 Å². The molecule has 19 heteroatoms. The average molecular weight is 813 g/mol. The topological polar surface area (TPSA) is 318 Å². The second-order valence-electron chi connectivity index (χ2n) is 16.6. The fourth-order valence-corrected chi connectivity index (χ4v) is 5.81. The summed E-state index contributed by atoms with van der Waals surface area (Å²) < 4.78 is 0. The van der Waals surface area contributed by atoms with Crippen molar-refractivity contribution >= 4 is 53.3 Å². The Labute approximate surface area is 335 Å². The van der Waals surface area contributed by atoms with Crippen molar-refractivity contribution in [3.8, 4) is 0 Å². The first-order valence-electron chi connectivity index (χ1n) is 19.6. The number of primary amides is 1. The van der Waals surface area contributed by atoms with Gasteiger partial charge in [0.2, 0.25) is 41.4 Å². The number of carbonyl (C=O) groups is 9. The summed E-state index contributed by atoms with van der Waals surface area (Å²) in [6.45, 7) is 17.9. The van der Waals surface area contributed by atoms with Gasteiger partial charge in [-0.15, -0.1) is 0 Å². The summed E-state index contributed by atoms with van der Waals surface area (Å²) in [4.78, 5) is 116. The molecule has 0 aliphatic carbocycles. The number of carboxylic acid groups (broad SMARTS) is 2. The molecule has 12 N–H and O–H groups in total. The number of carboxylic acids is 2. The summed E-state index contributed by atoms with van der Waals surface area (Å²) in [5, 5.41) is 33.7. The summed E-state index contributed by atoms with van der Waals surface area (Å²) in [5.74, 6) is -9.17. The molecule has 7 atom stereocenters. The molecule has 7 amide bonds. The van der Waals surface area contributed by atoms with E-state index in [0.29, 0.717) is 6.42 Å². The molecule has 0 aliphatic heterocycles. The Kier molecular flexibility index (Phi) is 23.3. The van der Waals surface area contributed by atoms with Gasteiger partial charge in [-0.3, -0.25) is 38.4 Å². The Morgan fingerprint density at radius 3 is 1.16 bits per heavy atom. The van der Waals surface area contributed by atoms with Crippen molar-refractivity contribution in [1.82, 2.24) is 31.9 Å². The third kappa shape index (κ3) is 21.3. The lowest BCUT2D eigenvalue weighted by Crippen LogP contribution is -2.61. The van der Waals surface area contributed by atoms with Crippen LogP contribution in [0.2, 0.25) is 0 Å². The lowest BCUT2D eigenvalue weighted by atomic mass is 9.98. The van der Waals surface area contributed by atoms with Gasteiger partial charge in [0.25, 0.3) is 0 Å². The van der Waals surface area contributed by atoms with Gasteiger partial charge >= 0.3 is 11.9 Å². The van der Waals surface area contributed by atoms with Crippen LogP contribution in [-0.2, 0) is 43.2 Å². The van der Waals surface area contributed by atoms with E-state index in [1.807, 2.05) is 13.8 Å². The van der Waals surface area contributed by atoms with Crippen LogP contribution in [0.1, 0.15) is 114 Å². The van der Waals surface area contributed by atoms with Gasteiger partial charge in [0.05, 0.1) is 12.5 Å². The molecule has 19 nitrogen and oxygen atoms in total. The molecule has 0 aromatic rings. The maximum Gasteiger partial charge on any atom is 0.326 e. The highest BCUT2D eigenvalue weighted by molar-refractivity contribution is 5.98. The number of nitrogens with one attached hydrogen (secondary N) is 6. The van der Waals surface area contributed by atoms with E-state index in [4.69, 9.17) is 16.6 Å². The van der Waals surface area contributed by atoms with E-state index in [9.17, 15) is 48.3 Å². The maximum atomic E-state index is 13.7. The lowest BCUT2D eigenvalue weighted by molar-refractivity contribution is -0.143. The van der Waals surface area contributed by atoms with E-state index in [2.05, 4.69) is 31.9 Å². The number of aliphatic carboxylic acids is 2. The minimum atomic E-state index is -1.60. The van der Waals surface area contributed by atoms with Crippen LogP contribution in [0.15, 0.2) is 0 Å². The summed E-state index contributed by atoms with van der Waals surface area (Å²) in [7, 11) is 0. The van der Waals surface area contributed by atoms with Crippen molar-refractivity contribution in [2.75, 3.05) is 0 Å². The van der Waals surface area contributed by atoms with Crippen molar-refractivity contribution in [2.24, 2.45) is 41.1 Å². The third-order valence-electron chi connectivity index (χ3n) is 8.63. The molecule has 0 spiro atoms. The Morgan fingerprint density at radius 2 is 0.825 bits per heavy atom. The van der Waals surface area contributed by atoms with Gasteiger partial charge in [0.1, 0.15) is 36.3 Å². The highest BCUT2D eigenvalue weighted by Crippen LogP contribution is 2.13. The zero-order valence-corrected chi connectivity index (χ0v) is 35.1. The lowest BCUT2D eigenvalue weighted by Gasteiger charge is -2.29. The molecular formula is C38H68N8O11. The smallest absolute Gasteiger partial charge is 0.326 e. The summed E-state index contributed by atoms with van der Waals surface area (Å²) in [6.07, 6.45) is -1.03. The van der Waals surface area contributed by atoms with Crippen LogP contribution in [0.3, 0.4) is 0 Å².